The highest BCUT2D eigenvalue weighted by Gasteiger charge is 2.68. The Bertz CT molecular complexity index is 1470. The van der Waals surface area contributed by atoms with Gasteiger partial charge in [-0.2, -0.15) is 0 Å². The van der Waals surface area contributed by atoms with Gasteiger partial charge in [0, 0.05) is 12.1 Å². The number of carbonyl (C=O) groups is 3. The number of rotatable bonds is 5. The smallest absolute Gasteiger partial charge is 0.296 e. The molecule has 0 saturated carbocycles. The molecule has 2 heterocycles. The van der Waals surface area contributed by atoms with Gasteiger partial charge in [0.1, 0.15) is 5.76 Å². The Morgan fingerprint density at radius 2 is 1.55 bits per heavy atom. The fourth-order valence-corrected chi connectivity index (χ4v) is 5.97. The zero-order chi connectivity index (χ0) is 27.0. The third-order valence-corrected chi connectivity index (χ3v) is 7.66. The molecule has 2 unspecified atom stereocenters. The van der Waals surface area contributed by atoms with Crippen molar-refractivity contribution in [2.45, 2.75) is 24.8 Å². The summed E-state index contributed by atoms with van der Waals surface area (Å²) < 4.78 is 0. The van der Waals surface area contributed by atoms with Gasteiger partial charge < -0.3 is 15.1 Å². The van der Waals surface area contributed by atoms with E-state index in [1.54, 1.807) is 78.9 Å². The van der Waals surface area contributed by atoms with Crippen molar-refractivity contribution in [3.8, 4) is 0 Å². The summed E-state index contributed by atoms with van der Waals surface area (Å²) in [5.41, 5.74) is 1.92. The number of likely N-dealkylation sites (tertiary alicyclic amines) is 1. The van der Waals surface area contributed by atoms with Crippen molar-refractivity contribution >= 4 is 51.7 Å². The summed E-state index contributed by atoms with van der Waals surface area (Å²) in [6.07, 6.45) is -1.04. The van der Waals surface area contributed by atoms with E-state index < -0.39 is 34.3 Å². The molecule has 2 amide bonds. The number of para-hydroxylation sites is 2. The third kappa shape index (κ3) is 4.19. The number of amidine groups is 1. The lowest BCUT2D eigenvalue weighted by Gasteiger charge is -2.32. The molecule has 192 valence electrons. The second kappa shape index (κ2) is 9.92. The Balaban J connectivity index is 1.78. The van der Waals surface area contributed by atoms with E-state index in [1.807, 2.05) is 13.0 Å². The number of β-amino-alcohol motifs (C(OH)–C–C–N with tert-alkyl or cyclic N) is 1. The molecule has 38 heavy (non-hydrogen) atoms. The first-order valence-electron chi connectivity index (χ1n) is 12.0. The molecule has 2 saturated heterocycles. The maximum atomic E-state index is 14.5. The summed E-state index contributed by atoms with van der Waals surface area (Å²) in [4.78, 5) is 46.4. The number of aryl methyl sites for hydroxylation is 1. The first kappa shape index (κ1) is 25.4. The zero-order valence-electron chi connectivity index (χ0n) is 20.7. The fraction of sp³-hybridized carbons (Fsp3) is 0.172. The number of nitrogens with zero attached hydrogens (tertiary/aromatic N) is 3. The largest absolute Gasteiger partial charge is 0.507 e. The van der Waals surface area contributed by atoms with Crippen LogP contribution in [0.5, 0.6) is 0 Å². The van der Waals surface area contributed by atoms with Crippen LogP contribution in [-0.4, -0.2) is 55.4 Å². The average molecular weight is 528 g/mol. The normalized spacial score (nSPS) is 22.6. The Morgan fingerprint density at radius 3 is 2.16 bits per heavy atom. The van der Waals surface area contributed by atoms with Crippen LogP contribution in [0, 0.1) is 6.92 Å². The molecule has 2 aliphatic heterocycles. The molecule has 1 spiro atoms. The van der Waals surface area contributed by atoms with Crippen LogP contribution in [0.4, 0.5) is 11.4 Å². The van der Waals surface area contributed by atoms with E-state index in [4.69, 9.17) is 4.99 Å². The minimum atomic E-state index is -1.97. The van der Waals surface area contributed by atoms with Crippen LogP contribution in [-0.2, 0) is 14.4 Å². The molecule has 9 heteroatoms. The SMILES string of the molecule is Cc1ccc(/C(O)=C2\C(=O)C(=O)N(CC(C)O)C23SC(=Nc2ccccc2)N(c2ccccc2)C3=O)cc1. The van der Waals surface area contributed by atoms with Gasteiger partial charge in [-0.3, -0.25) is 19.3 Å². The quantitative estimate of drug-likeness (QED) is 0.292. The summed E-state index contributed by atoms with van der Waals surface area (Å²) in [6.45, 7) is 3.05. The Kier molecular flexibility index (Phi) is 6.64. The van der Waals surface area contributed by atoms with E-state index in [1.165, 1.54) is 11.8 Å². The van der Waals surface area contributed by atoms with Crippen molar-refractivity contribution in [3.63, 3.8) is 0 Å². The molecule has 8 nitrogen and oxygen atoms in total. The molecule has 3 aromatic carbocycles. The van der Waals surface area contributed by atoms with Crippen molar-refractivity contribution < 1.29 is 24.6 Å². The minimum absolute atomic E-state index is 0.222. The molecule has 2 atom stereocenters. The summed E-state index contributed by atoms with van der Waals surface area (Å²) in [6, 6.07) is 24.5. The number of aliphatic hydroxyl groups is 2. The van der Waals surface area contributed by atoms with Crippen LogP contribution in [0.25, 0.3) is 5.76 Å². The van der Waals surface area contributed by atoms with Crippen LogP contribution in [0.3, 0.4) is 0 Å². The number of anilines is 1. The maximum absolute atomic E-state index is 14.5. The highest BCUT2D eigenvalue weighted by molar-refractivity contribution is 8.17. The molecule has 3 aromatic rings. The standard InChI is InChI=1S/C29H25N3O5S/c1-18-13-15-20(16-14-18)24(34)23-25(35)26(36)31(17-19(2)33)29(23)27(37)32(22-11-7-4-8-12-22)28(38-29)30-21-9-5-3-6-10-21/h3-16,19,33-34H,17H2,1-2H3/b24-23-,30-28?. The predicted octanol–water partition coefficient (Wildman–Crippen LogP) is 4.22. The molecule has 0 aliphatic carbocycles. The average Bonchev–Trinajstić information content (AvgIpc) is 3.30. The second-order valence-corrected chi connectivity index (χ2v) is 10.3. The number of ketones is 1. The number of aliphatic imine (C=N–C) groups is 1. The fourth-order valence-electron chi connectivity index (χ4n) is 4.54. The number of hydrogen-bond donors (Lipinski definition) is 2. The molecule has 2 fully saturated rings. The molecule has 0 radical (unpaired) electrons. The Labute approximate surface area is 223 Å². The summed E-state index contributed by atoms with van der Waals surface area (Å²) in [5.74, 6) is -3.09. The third-order valence-electron chi connectivity index (χ3n) is 6.31. The number of amides is 2. The topological polar surface area (TPSA) is 111 Å². The second-order valence-electron chi connectivity index (χ2n) is 9.14. The molecule has 2 aliphatic rings. The van der Waals surface area contributed by atoms with Gasteiger partial charge in [-0.1, -0.05) is 66.2 Å². The summed E-state index contributed by atoms with van der Waals surface area (Å²) in [7, 11) is 0. The van der Waals surface area contributed by atoms with E-state index in [9.17, 15) is 24.6 Å². The molecular formula is C29H25N3O5S. The van der Waals surface area contributed by atoms with Gasteiger partial charge in [-0.05, 0) is 49.9 Å². The van der Waals surface area contributed by atoms with E-state index in [2.05, 4.69) is 0 Å². The highest BCUT2D eigenvalue weighted by atomic mass is 32.2. The first-order chi connectivity index (χ1) is 18.2. The summed E-state index contributed by atoms with van der Waals surface area (Å²) >= 11 is 0.900. The number of Topliss-reactive ketones (excluding diaryl/α,β-unsaturated/α-hetero) is 1. The highest BCUT2D eigenvalue weighted by Crippen LogP contribution is 2.52. The van der Waals surface area contributed by atoms with Crippen molar-refractivity contribution in [2.24, 2.45) is 4.99 Å². The number of carbonyl (C=O) groups excluding carboxylic acids is 3. The Hall–Kier alpha value is -4.21. The van der Waals surface area contributed by atoms with Gasteiger partial charge in [-0.25, -0.2) is 4.99 Å². The van der Waals surface area contributed by atoms with Crippen LogP contribution in [0.2, 0.25) is 0 Å². The van der Waals surface area contributed by atoms with Crippen molar-refractivity contribution in [2.75, 3.05) is 11.4 Å². The molecule has 0 aromatic heterocycles. The van der Waals surface area contributed by atoms with E-state index in [0.29, 0.717) is 11.4 Å². The lowest BCUT2D eigenvalue weighted by molar-refractivity contribution is -0.142. The lowest BCUT2D eigenvalue weighted by atomic mass is 9.98. The van der Waals surface area contributed by atoms with Crippen molar-refractivity contribution in [3.05, 3.63) is 102 Å². The van der Waals surface area contributed by atoms with E-state index >= 15 is 0 Å². The number of thioether (sulfide) groups is 1. The molecule has 5 rings (SSSR count). The maximum Gasteiger partial charge on any atom is 0.296 e. The predicted molar refractivity (Wildman–Crippen MR) is 147 cm³/mol. The van der Waals surface area contributed by atoms with Crippen molar-refractivity contribution in [1.82, 2.24) is 4.90 Å². The van der Waals surface area contributed by atoms with E-state index in [-0.39, 0.29) is 22.8 Å². The molecule has 2 N–H and O–H groups in total. The Morgan fingerprint density at radius 1 is 0.947 bits per heavy atom. The number of hydrogen-bond acceptors (Lipinski definition) is 7. The van der Waals surface area contributed by atoms with Gasteiger partial charge in [0.2, 0.25) is 4.87 Å². The number of benzene rings is 3. The zero-order valence-corrected chi connectivity index (χ0v) is 21.6. The summed E-state index contributed by atoms with van der Waals surface area (Å²) in [5, 5.41) is 21.9. The van der Waals surface area contributed by atoms with E-state index in [0.717, 1.165) is 22.2 Å². The van der Waals surface area contributed by atoms with Crippen LogP contribution in [0.1, 0.15) is 18.1 Å². The molecular weight excluding hydrogens is 502 g/mol. The van der Waals surface area contributed by atoms with Crippen molar-refractivity contribution in [1.29, 1.82) is 0 Å². The van der Waals surface area contributed by atoms with Crippen LogP contribution < -0.4 is 4.90 Å². The van der Waals surface area contributed by atoms with Crippen LogP contribution >= 0.6 is 11.8 Å². The lowest BCUT2D eigenvalue weighted by Crippen LogP contribution is -2.53. The first-order valence-corrected chi connectivity index (χ1v) is 12.8. The minimum Gasteiger partial charge on any atom is -0.507 e. The monoisotopic (exact) mass is 527 g/mol. The number of aliphatic hydroxyl groups excluding tert-OH is 2. The van der Waals surface area contributed by atoms with Gasteiger partial charge in [0.15, 0.2) is 5.17 Å². The van der Waals surface area contributed by atoms with Gasteiger partial charge in [0.05, 0.1) is 23.1 Å². The van der Waals surface area contributed by atoms with Gasteiger partial charge in [-0.15, -0.1) is 0 Å². The van der Waals surface area contributed by atoms with Gasteiger partial charge in [0.25, 0.3) is 17.6 Å². The van der Waals surface area contributed by atoms with Gasteiger partial charge >= 0.3 is 0 Å². The molecule has 0 bridgehead atoms. The van der Waals surface area contributed by atoms with Crippen LogP contribution in [0.15, 0.2) is 95.5 Å².